The summed E-state index contributed by atoms with van der Waals surface area (Å²) in [6, 6.07) is 2.16. The van der Waals surface area contributed by atoms with Gasteiger partial charge in [-0.05, 0) is 18.3 Å². The van der Waals surface area contributed by atoms with E-state index in [9.17, 15) is 0 Å². The minimum atomic E-state index is 0.308. The molecule has 2 rings (SSSR count). The van der Waals surface area contributed by atoms with Crippen molar-refractivity contribution in [1.29, 1.82) is 5.26 Å². The lowest BCUT2D eigenvalue weighted by Crippen LogP contribution is -2.28. The van der Waals surface area contributed by atoms with Crippen LogP contribution in [-0.4, -0.2) is 14.9 Å². The molecule has 1 fully saturated rings. The largest absolute Gasteiger partial charge is 0.322 e. The minimum absolute atomic E-state index is 0.308. The van der Waals surface area contributed by atoms with Crippen molar-refractivity contribution in [2.45, 2.75) is 45.1 Å². The molecule has 0 atom stereocenters. The van der Waals surface area contributed by atoms with Gasteiger partial charge in [-0.2, -0.15) is 5.26 Å². The molecule has 0 saturated heterocycles. The van der Waals surface area contributed by atoms with Gasteiger partial charge in [0.25, 0.3) is 0 Å². The van der Waals surface area contributed by atoms with Crippen molar-refractivity contribution in [2.24, 2.45) is 5.41 Å². The average molecular weight is 296 g/mol. The molecule has 1 heterocycles. The van der Waals surface area contributed by atoms with Crippen molar-refractivity contribution in [2.75, 3.05) is 5.33 Å². The fraction of sp³-hybridized carbons (Fsp3) is 0.692. The predicted molar refractivity (Wildman–Crippen MR) is 70.9 cm³/mol. The Morgan fingerprint density at radius 2 is 2.06 bits per heavy atom. The molecule has 3 nitrogen and oxygen atoms in total. The summed E-state index contributed by atoms with van der Waals surface area (Å²) in [5, 5.41) is 10.0. The van der Waals surface area contributed by atoms with Crippen LogP contribution in [0.25, 0.3) is 0 Å². The Bertz CT molecular complexity index is 397. The predicted octanol–water partition coefficient (Wildman–Crippen LogP) is 3.49. The summed E-state index contributed by atoms with van der Waals surface area (Å²) in [4.78, 5) is 4.08. The van der Waals surface area contributed by atoms with E-state index in [1.165, 1.54) is 38.5 Å². The van der Waals surface area contributed by atoms with Crippen LogP contribution < -0.4 is 0 Å². The molecule has 0 unspecified atom stereocenters. The van der Waals surface area contributed by atoms with E-state index in [2.05, 4.69) is 27.0 Å². The van der Waals surface area contributed by atoms with Crippen molar-refractivity contribution in [3.05, 3.63) is 18.2 Å². The van der Waals surface area contributed by atoms with Crippen molar-refractivity contribution < 1.29 is 0 Å². The van der Waals surface area contributed by atoms with Gasteiger partial charge in [-0.1, -0.05) is 41.6 Å². The summed E-state index contributed by atoms with van der Waals surface area (Å²) >= 11 is 3.68. The van der Waals surface area contributed by atoms with Gasteiger partial charge >= 0.3 is 0 Å². The van der Waals surface area contributed by atoms with Crippen molar-refractivity contribution >= 4 is 15.9 Å². The second kappa shape index (κ2) is 5.68. The molecule has 92 valence electrons. The quantitative estimate of drug-likeness (QED) is 0.633. The highest BCUT2D eigenvalue weighted by Gasteiger charge is 2.30. The standard InChI is InChI=1S/C13H18BrN3/c14-10-13(5-3-1-2-4-6-13)11-17-8-7-16-12(17)9-15/h7-8H,1-6,10-11H2. The van der Waals surface area contributed by atoms with Crippen LogP contribution in [0.2, 0.25) is 0 Å². The Labute approximate surface area is 111 Å². The van der Waals surface area contributed by atoms with E-state index < -0.39 is 0 Å². The maximum Gasteiger partial charge on any atom is 0.212 e. The second-order valence-corrected chi connectivity index (χ2v) is 5.60. The van der Waals surface area contributed by atoms with Gasteiger partial charge in [0.05, 0.1) is 0 Å². The second-order valence-electron chi connectivity index (χ2n) is 5.04. The molecule has 1 aliphatic rings. The number of halogens is 1. The van der Waals surface area contributed by atoms with Crippen LogP contribution in [0.4, 0.5) is 0 Å². The first kappa shape index (κ1) is 12.6. The topological polar surface area (TPSA) is 41.6 Å². The zero-order chi connectivity index (χ0) is 12.1. The number of nitrogens with zero attached hydrogens (tertiary/aromatic N) is 3. The fourth-order valence-electron chi connectivity index (χ4n) is 2.72. The summed E-state index contributed by atoms with van der Waals surface area (Å²) in [5.41, 5.74) is 0.308. The Kier molecular flexibility index (Phi) is 4.22. The van der Waals surface area contributed by atoms with E-state index >= 15 is 0 Å². The van der Waals surface area contributed by atoms with Gasteiger partial charge in [0.2, 0.25) is 5.82 Å². The van der Waals surface area contributed by atoms with Gasteiger partial charge in [0.15, 0.2) is 0 Å². The fourth-order valence-corrected chi connectivity index (χ4v) is 3.46. The van der Waals surface area contributed by atoms with Crippen LogP contribution in [0.3, 0.4) is 0 Å². The van der Waals surface area contributed by atoms with Gasteiger partial charge < -0.3 is 4.57 Å². The van der Waals surface area contributed by atoms with Crippen LogP contribution in [-0.2, 0) is 6.54 Å². The van der Waals surface area contributed by atoms with E-state index in [0.717, 1.165) is 11.9 Å². The van der Waals surface area contributed by atoms with Gasteiger partial charge in [-0.15, -0.1) is 0 Å². The van der Waals surface area contributed by atoms with E-state index in [0.29, 0.717) is 11.2 Å². The number of imidazole rings is 1. The highest BCUT2D eigenvalue weighted by Crippen LogP contribution is 2.38. The molecule has 4 heteroatoms. The summed E-state index contributed by atoms with van der Waals surface area (Å²) in [6.07, 6.45) is 11.5. The maximum absolute atomic E-state index is 9.00. The summed E-state index contributed by atoms with van der Waals surface area (Å²) < 4.78 is 2.01. The molecule has 0 N–H and O–H groups in total. The molecule has 1 aliphatic carbocycles. The normalized spacial score (nSPS) is 19.5. The van der Waals surface area contributed by atoms with Gasteiger partial charge in [-0.25, -0.2) is 4.98 Å². The molecule has 17 heavy (non-hydrogen) atoms. The molecule has 0 aromatic carbocycles. The third-order valence-electron chi connectivity index (χ3n) is 3.77. The zero-order valence-corrected chi connectivity index (χ0v) is 11.6. The Morgan fingerprint density at radius 3 is 2.65 bits per heavy atom. The number of nitriles is 1. The lowest BCUT2D eigenvalue weighted by Gasteiger charge is -2.31. The molecule has 0 aliphatic heterocycles. The van der Waals surface area contributed by atoms with Crippen molar-refractivity contribution in [3.8, 4) is 6.07 Å². The van der Waals surface area contributed by atoms with Crippen LogP contribution in [0, 0.1) is 16.7 Å². The Balaban J connectivity index is 2.16. The summed E-state index contributed by atoms with van der Waals surface area (Å²) in [7, 11) is 0. The average Bonchev–Trinajstić information content (AvgIpc) is 2.66. The number of hydrogen-bond donors (Lipinski definition) is 0. The van der Waals surface area contributed by atoms with Crippen LogP contribution in [0.15, 0.2) is 12.4 Å². The number of alkyl halides is 1. The number of hydrogen-bond acceptors (Lipinski definition) is 2. The molecule has 1 aromatic heterocycles. The summed E-state index contributed by atoms with van der Waals surface area (Å²) in [6.45, 7) is 0.918. The first-order valence-corrected chi connectivity index (χ1v) is 7.39. The molecule has 0 radical (unpaired) electrons. The van der Waals surface area contributed by atoms with Crippen LogP contribution in [0.1, 0.15) is 44.3 Å². The summed E-state index contributed by atoms with van der Waals surface area (Å²) in [5.74, 6) is 0.537. The molecule has 0 amide bonds. The third kappa shape index (κ3) is 2.90. The maximum atomic E-state index is 9.00. The Hall–Kier alpha value is -0.820. The SMILES string of the molecule is N#Cc1nccn1CC1(CBr)CCCCCC1. The lowest BCUT2D eigenvalue weighted by molar-refractivity contribution is 0.241. The van der Waals surface area contributed by atoms with Crippen LogP contribution in [0.5, 0.6) is 0 Å². The first-order valence-electron chi connectivity index (χ1n) is 6.27. The lowest BCUT2D eigenvalue weighted by atomic mass is 9.82. The molecule has 0 bridgehead atoms. The molecular formula is C13H18BrN3. The van der Waals surface area contributed by atoms with Gasteiger partial charge in [-0.3, -0.25) is 0 Å². The number of rotatable bonds is 3. The zero-order valence-electron chi connectivity index (χ0n) is 10.0. The first-order chi connectivity index (χ1) is 8.29. The van der Waals surface area contributed by atoms with E-state index in [1.807, 2.05) is 10.8 Å². The van der Waals surface area contributed by atoms with Gasteiger partial charge in [0, 0.05) is 24.3 Å². The van der Waals surface area contributed by atoms with E-state index in [4.69, 9.17) is 5.26 Å². The van der Waals surface area contributed by atoms with Crippen molar-refractivity contribution in [1.82, 2.24) is 9.55 Å². The highest BCUT2D eigenvalue weighted by molar-refractivity contribution is 9.09. The van der Waals surface area contributed by atoms with Gasteiger partial charge in [0.1, 0.15) is 6.07 Å². The molecule has 1 saturated carbocycles. The Morgan fingerprint density at radius 1 is 1.35 bits per heavy atom. The smallest absolute Gasteiger partial charge is 0.212 e. The number of aromatic nitrogens is 2. The van der Waals surface area contributed by atoms with E-state index in [-0.39, 0.29) is 0 Å². The van der Waals surface area contributed by atoms with E-state index in [1.54, 1.807) is 6.20 Å². The molecular weight excluding hydrogens is 278 g/mol. The molecule has 0 spiro atoms. The monoisotopic (exact) mass is 295 g/mol. The third-order valence-corrected chi connectivity index (χ3v) is 4.96. The van der Waals surface area contributed by atoms with Crippen molar-refractivity contribution in [3.63, 3.8) is 0 Å². The highest BCUT2D eigenvalue weighted by atomic mass is 79.9. The molecule has 1 aromatic rings. The minimum Gasteiger partial charge on any atom is -0.322 e. The van der Waals surface area contributed by atoms with Crippen LogP contribution >= 0.6 is 15.9 Å².